The van der Waals surface area contributed by atoms with Crippen molar-refractivity contribution in [2.24, 2.45) is 5.14 Å². The first kappa shape index (κ1) is 14.2. The molecule has 100 valence electrons. The third kappa shape index (κ3) is 3.56. The summed E-state index contributed by atoms with van der Waals surface area (Å²) in [6.07, 6.45) is -5.20. The molecule has 0 radical (unpaired) electrons. The van der Waals surface area contributed by atoms with Crippen molar-refractivity contribution in [1.29, 1.82) is 0 Å². The van der Waals surface area contributed by atoms with Crippen molar-refractivity contribution in [2.45, 2.75) is 11.3 Å². The third-order valence-electron chi connectivity index (χ3n) is 1.67. The SMILES string of the molecule is NS(=O)(=O)c1ccc([N+](=O)[O-])cc1OC(F)(F)F. The summed E-state index contributed by atoms with van der Waals surface area (Å²) in [7, 11) is -4.50. The number of nitro groups is 1. The highest BCUT2D eigenvalue weighted by molar-refractivity contribution is 7.89. The topological polar surface area (TPSA) is 113 Å². The van der Waals surface area contributed by atoms with Gasteiger partial charge in [-0.25, -0.2) is 13.6 Å². The largest absolute Gasteiger partial charge is 0.573 e. The second-order valence-corrected chi connectivity index (χ2v) is 4.51. The van der Waals surface area contributed by atoms with Crippen molar-refractivity contribution in [3.63, 3.8) is 0 Å². The molecule has 0 spiro atoms. The van der Waals surface area contributed by atoms with Crippen LogP contribution in [0.4, 0.5) is 18.9 Å². The lowest BCUT2D eigenvalue weighted by Gasteiger charge is -2.11. The van der Waals surface area contributed by atoms with Gasteiger partial charge in [0.25, 0.3) is 5.69 Å². The van der Waals surface area contributed by atoms with E-state index in [1.165, 1.54) is 0 Å². The fourth-order valence-electron chi connectivity index (χ4n) is 1.05. The number of halogens is 3. The Morgan fingerprint density at radius 3 is 2.28 bits per heavy atom. The summed E-state index contributed by atoms with van der Waals surface area (Å²) in [6, 6.07) is 1.59. The minimum atomic E-state index is -5.20. The van der Waals surface area contributed by atoms with E-state index in [4.69, 9.17) is 0 Å². The maximum Gasteiger partial charge on any atom is 0.573 e. The van der Waals surface area contributed by atoms with Gasteiger partial charge in [0, 0.05) is 6.07 Å². The van der Waals surface area contributed by atoms with Crippen molar-refractivity contribution >= 4 is 15.7 Å². The zero-order valence-electron chi connectivity index (χ0n) is 8.34. The smallest absolute Gasteiger partial charge is 0.404 e. The van der Waals surface area contributed by atoms with Gasteiger partial charge in [0.2, 0.25) is 10.0 Å². The number of sulfonamides is 1. The first-order valence-electron chi connectivity index (χ1n) is 4.08. The standard InChI is InChI=1S/C7H5F3N2O5S/c8-7(9,10)17-5-3-4(12(13)14)1-2-6(5)18(11,15)16/h1-3H,(H2,11,15,16). The Balaban J connectivity index is 3.41. The zero-order valence-corrected chi connectivity index (χ0v) is 9.16. The molecule has 0 heterocycles. The summed E-state index contributed by atoms with van der Waals surface area (Å²) >= 11 is 0. The molecule has 1 aromatic carbocycles. The van der Waals surface area contributed by atoms with Crippen LogP contribution in [-0.2, 0) is 10.0 Å². The van der Waals surface area contributed by atoms with E-state index >= 15 is 0 Å². The van der Waals surface area contributed by atoms with Crippen LogP contribution in [0.5, 0.6) is 5.75 Å². The fourth-order valence-corrected chi connectivity index (χ4v) is 1.69. The number of hydrogen-bond donors (Lipinski definition) is 1. The number of ether oxygens (including phenoxy) is 1. The molecule has 0 unspecified atom stereocenters. The molecule has 1 aromatic rings. The van der Waals surface area contributed by atoms with Gasteiger partial charge in [-0.15, -0.1) is 13.2 Å². The predicted molar refractivity (Wildman–Crippen MR) is 51.2 cm³/mol. The number of benzene rings is 1. The van der Waals surface area contributed by atoms with Crippen LogP contribution >= 0.6 is 0 Å². The number of hydrogen-bond acceptors (Lipinski definition) is 5. The average molecular weight is 286 g/mol. The third-order valence-corrected chi connectivity index (χ3v) is 2.62. The Kier molecular flexibility index (Phi) is 3.48. The van der Waals surface area contributed by atoms with Gasteiger partial charge in [-0.1, -0.05) is 0 Å². The van der Waals surface area contributed by atoms with Gasteiger partial charge in [-0.3, -0.25) is 10.1 Å². The van der Waals surface area contributed by atoms with Crippen LogP contribution in [0, 0.1) is 10.1 Å². The van der Waals surface area contributed by atoms with E-state index in [9.17, 15) is 31.7 Å². The molecule has 0 aliphatic heterocycles. The summed E-state index contributed by atoms with van der Waals surface area (Å²) in [5, 5.41) is 15.0. The lowest BCUT2D eigenvalue weighted by molar-refractivity contribution is -0.385. The number of rotatable bonds is 3. The molecule has 18 heavy (non-hydrogen) atoms. The van der Waals surface area contributed by atoms with Crippen LogP contribution in [0.15, 0.2) is 23.1 Å². The number of nitro benzene ring substituents is 1. The summed E-state index contributed by atoms with van der Waals surface area (Å²) in [4.78, 5) is 8.37. The Hall–Kier alpha value is -1.88. The number of primary sulfonamides is 1. The van der Waals surface area contributed by atoms with Crippen LogP contribution in [-0.4, -0.2) is 19.7 Å². The quantitative estimate of drug-likeness (QED) is 0.661. The maximum absolute atomic E-state index is 12.0. The van der Waals surface area contributed by atoms with Crippen LogP contribution in [0.1, 0.15) is 0 Å². The first-order valence-corrected chi connectivity index (χ1v) is 5.62. The van der Waals surface area contributed by atoms with Gasteiger partial charge < -0.3 is 4.74 Å². The molecule has 0 bridgehead atoms. The van der Waals surface area contributed by atoms with E-state index in [0.717, 1.165) is 0 Å². The van der Waals surface area contributed by atoms with Crippen LogP contribution in [0.25, 0.3) is 0 Å². The van der Waals surface area contributed by atoms with Gasteiger partial charge in [-0.2, -0.15) is 0 Å². The number of non-ortho nitro benzene ring substituents is 1. The number of alkyl halides is 3. The normalized spacial score (nSPS) is 12.2. The summed E-state index contributed by atoms with van der Waals surface area (Å²) < 4.78 is 61.4. The van der Waals surface area contributed by atoms with Gasteiger partial charge in [0.1, 0.15) is 4.90 Å². The monoisotopic (exact) mass is 286 g/mol. The Labute approximate surface area is 98.2 Å². The van der Waals surface area contributed by atoms with Gasteiger partial charge in [0.15, 0.2) is 5.75 Å². The molecule has 0 atom stereocenters. The molecule has 0 amide bonds. The molecule has 11 heteroatoms. The second kappa shape index (κ2) is 4.42. The lowest BCUT2D eigenvalue weighted by Crippen LogP contribution is -2.21. The van der Waals surface area contributed by atoms with E-state index in [-0.39, 0.29) is 0 Å². The fraction of sp³-hybridized carbons (Fsp3) is 0.143. The van der Waals surface area contributed by atoms with E-state index in [1.807, 2.05) is 0 Å². The molecule has 0 saturated heterocycles. The predicted octanol–water partition coefficient (Wildman–Crippen LogP) is 1.14. The minimum absolute atomic E-state index is 0.327. The highest BCUT2D eigenvalue weighted by atomic mass is 32.2. The lowest BCUT2D eigenvalue weighted by atomic mass is 10.3. The number of nitrogens with two attached hydrogens (primary N) is 1. The highest BCUT2D eigenvalue weighted by Crippen LogP contribution is 2.32. The van der Waals surface area contributed by atoms with Crippen molar-refractivity contribution in [2.75, 3.05) is 0 Å². The van der Waals surface area contributed by atoms with Crippen molar-refractivity contribution < 1.29 is 31.2 Å². The molecule has 0 fully saturated rings. The van der Waals surface area contributed by atoms with E-state index < -0.39 is 37.6 Å². The van der Waals surface area contributed by atoms with Crippen molar-refractivity contribution in [1.82, 2.24) is 0 Å². The van der Waals surface area contributed by atoms with E-state index in [1.54, 1.807) is 0 Å². The molecule has 0 aliphatic rings. The molecular weight excluding hydrogens is 281 g/mol. The van der Waals surface area contributed by atoms with Crippen molar-refractivity contribution in [3.05, 3.63) is 28.3 Å². The van der Waals surface area contributed by atoms with Gasteiger partial charge in [0.05, 0.1) is 11.0 Å². The Morgan fingerprint density at radius 2 is 1.89 bits per heavy atom. The number of nitrogens with zero attached hydrogens (tertiary/aromatic N) is 1. The molecule has 7 nitrogen and oxygen atoms in total. The molecule has 0 aromatic heterocycles. The summed E-state index contributed by atoms with van der Waals surface area (Å²) in [6.45, 7) is 0. The summed E-state index contributed by atoms with van der Waals surface area (Å²) in [5.74, 6) is -1.25. The van der Waals surface area contributed by atoms with E-state index in [0.29, 0.717) is 18.2 Å². The highest BCUT2D eigenvalue weighted by Gasteiger charge is 2.34. The average Bonchev–Trinajstić information content (AvgIpc) is 2.12. The summed E-state index contributed by atoms with van der Waals surface area (Å²) in [5.41, 5.74) is -0.762. The van der Waals surface area contributed by atoms with Crippen LogP contribution in [0.3, 0.4) is 0 Å². The molecule has 0 saturated carbocycles. The second-order valence-electron chi connectivity index (χ2n) is 2.98. The van der Waals surface area contributed by atoms with Crippen LogP contribution < -0.4 is 9.88 Å². The Morgan fingerprint density at radius 1 is 1.33 bits per heavy atom. The minimum Gasteiger partial charge on any atom is -0.404 e. The van der Waals surface area contributed by atoms with E-state index in [2.05, 4.69) is 9.88 Å². The first-order chi connectivity index (χ1) is 8.00. The van der Waals surface area contributed by atoms with Gasteiger partial charge >= 0.3 is 6.36 Å². The molecule has 0 aliphatic carbocycles. The zero-order chi connectivity index (χ0) is 14.1. The molecule has 1 rings (SSSR count). The Bertz CT molecular complexity index is 583. The molecule has 2 N–H and O–H groups in total. The van der Waals surface area contributed by atoms with Crippen molar-refractivity contribution in [3.8, 4) is 5.75 Å². The van der Waals surface area contributed by atoms with Crippen LogP contribution in [0.2, 0.25) is 0 Å². The molecular formula is C7H5F3N2O5S. The van der Waals surface area contributed by atoms with Gasteiger partial charge in [-0.05, 0) is 6.07 Å². The maximum atomic E-state index is 12.0.